The van der Waals surface area contributed by atoms with Crippen LogP contribution in [0.2, 0.25) is 0 Å². The molecular formula is C18H21FOS. The minimum Gasteiger partial charge on any atom is -0.392 e. The van der Waals surface area contributed by atoms with Gasteiger partial charge < -0.3 is 5.11 Å². The third kappa shape index (κ3) is 5.18. The first-order valence-corrected chi connectivity index (χ1v) is 8.18. The summed E-state index contributed by atoms with van der Waals surface area (Å²) in [5.74, 6) is 0.848. The van der Waals surface area contributed by atoms with Crippen molar-refractivity contribution >= 4 is 11.8 Å². The highest BCUT2D eigenvalue weighted by Crippen LogP contribution is 2.21. The van der Waals surface area contributed by atoms with Crippen molar-refractivity contribution in [3.63, 3.8) is 0 Å². The largest absolute Gasteiger partial charge is 0.392 e. The molecule has 0 fully saturated rings. The minimum absolute atomic E-state index is 0.237. The van der Waals surface area contributed by atoms with Crippen molar-refractivity contribution in [1.82, 2.24) is 0 Å². The second-order valence-electron chi connectivity index (χ2n) is 5.52. The fourth-order valence-corrected chi connectivity index (χ4v) is 2.99. The van der Waals surface area contributed by atoms with Crippen LogP contribution in [0.25, 0.3) is 0 Å². The zero-order chi connectivity index (χ0) is 15.2. The minimum atomic E-state index is -0.428. The van der Waals surface area contributed by atoms with E-state index in [1.807, 2.05) is 6.07 Å². The molecule has 1 unspecified atom stereocenters. The Balaban J connectivity index is 1.85. The molecule has 0 aliphatic heterocycles. The molecule has 0 heterocycles. The molecule has 0 saturated carbocycles. The summed E-state index contributed by atoms with van der Waals surface area (Å²) in [7, 11) is 0. The van der Waals surface area contributed by atoms with E-state index in [4.69, 9.17) is 0 Å². The molecular weight excluding hydrogens is 283 g/mol. The Hall–Kier alpha value is -1.32. The van der Waals surface area contributed by atoms with E-state index in [0.29, 0.717) is 18.1 Å². The highest BCUT2D eigenvalue weighted by atomic mass is 32.2. The molecule has 0 aliphatic rings. The van der Waals surface area contributed by atoms with Gasteiger partial charge in [-0.1, -0.05) is 44.2 Å². The van der Waals surface area contributed by atoms with Crippen molar-refractivity contribution in [2.24, 2.45) is 0 Å². The predicted octanol–water partition coefficient (Wildman–Crippen LogP) is 4.64. The lowest BCUT2D eigenvalue weighted by Crippen LogP contribution is -2.13. The SMILES string of the molecule is CC(C)c1ccc(CC(O)CSc2cccc(F)c2)cc1. The molecule has 0 aromatic heterocycles. The van der Waals surface area contributed by atoms with E-state index in [9.17, 15) is 9.50 Å². The second-order valence-corrected chi connectivity index (χ2v) is 6.62. The van der Waals surface area contributed by atoms with Crippen LogP contribution >= 0.6 is 11.8 Å². The van der Waals surface area contributed by atoms with Crippen LogP contribution in [0.15, 0.2) is 53.4 Å². The fourth-order valence-electron chi connectivity index (χ4n) is 2.12. The third-order valence-electron chi connectivity index (χ3n) is 3.36. The summed E-state index contributed by atoms with van der Waals surface area (Å²) in [6, 6.07) is 14.9. The molecule has 2 aromatic rings. The monoisotopic (exact) mass is 304 g/mol. The van der Waals surface area contributed by atoms with Crippen LogP contribution < -0.4 is 0 Å². The molecule has 112 valence electrons. The lowest BCUT2D eigenvalue weighted by molar-refractivity contribution is 0.200. The van der Waals surface area contributed by atoms with Gasteiger partial charge in [0.25, 0.3) is 0 Å². The number of hydrogen-bond acceptors (Lipinski definition) is 2. The fraction of sp³-hybridized carbons (Fsp3) is 0.333. The number of benzene rings is 2. The molecule has 0 radical (unpaired) electrons. The molecule has 1 atom stereocenters. The first-order chi connectivity index (χ1) is 10.0. The smallest absolute Gasteiger partial charge is 0.124 e. The van der Waals surface area contributed by atoms with Crippen LogP contribution in [0, 0.1) is 5.82 Å². The molecule has 0 bridgehead atoms. The topological polar surface area (TPSA) is 20.2 Å². The molecule has 0 amide bonds. The van der Waals surface area contributed by atoms with Gasteiger partial charge in [-0.25, -0.2) is 4.39 Å². The van der Waals surface area contributed by atoms with Gasteiger partial charge in [0.05, 0.1) is 6.10 Å². The maximum absolute atomic E-state index is 13.1. The first-order valence-electron chi connectivity index (χ1n) is 7.20. The summed E-state index contributed by atoms with van der Waals surface area (Å²) in [5, 5.41) is 10.1. The van der Waals surface area contributed by atoms with Crippen LogP contribution in [0.4, 0.5) is 4.39 Å². The molecule has 3 heteroatoms. The van der Waals surface area contributed by atoms with Crippen molar-refractivity contribution in [3.8, 4) is 0 Å². The number of hydrogen-bond donors (Lipinski definition) is 1. The predicted molar refractivity (Wildman–Crippen MR) is 87.4 cm³/mol. The van der Waals surface area contributed by atoms with Crippen molar-refractivity contribution in [2.45, 2.75) is 37.2 Å². The number of halogens is 1. The Morgan fingerprint density at radius 1 is 1.10 bits per heavy atom. The van der Waals surface area contributed by atoms with E-state index in [1.54, 1.807) is 6.07 Å². The lowest BCUT2D eigenvalue weighted by atomic mass is 10.00. The van der Waals surface area contributed by atoms with Gasteiger partial charge in [0.1, 0.15) is 5.82 Å². The average Bonchev–Trinajstić information content (AvgIpc) is 2.46. The van der Waals surface area contributed by atoms with Crippen molar-refractivity contribution in [2.75, 3.05) is 5.75 Å². The molecule has 0 saturated heterocycles. The number of thioether (sulfide) groups is 1. The lowest BCUT2D eigenvalue weighted by Gasteiger charge is -2.12. The normalized spacial score (nSPS) is 12.6. The van der Waals surface area contributed by atoms with Gasteiger partial charge in [0, 0.05) is 10.6 Å². The first kappa shape index (κ1) is 16.1. The molecule has 0 aliphatic carbocycles. The number of aliphatic hydroxyl groups is 1. The van der Waals surface area contributed by atoms with E-state index >= 15 is 0 Å². The summed E-state index contributed by atoms with van der Waals surface area (Å²) < 4.78 is 13.1. The zero-order valence-corrected chi connectivity index (χ0v) is 13.2. The molecule has 2 rings (SSSR count). The van der Waals surface area contributed by atoms with Gasteiger partial charge >= 0.3 is 0 Å². The quantitative estimate of drug-likeness (QED) is 0.784. The van der Waals surface area contributed by atoms with Crippen LogP contribution in [0.3, 0.4) is 0 Å². The summed E-state index contributed by atoms with van der Waals surface area (Å²) in [5.41, 5.74) is 2.44. The van der Waals surface area contributed by atoms with Crippen molar-refractivity contribution in [3.05, 3.63) is 65.5 Å². The van der Waals surface area contributed by atoms with Gasteiger partial charge in [-0.15, -0.1) is 11.8 Å². The van der Waals surface area contributed by atoms with E-state index in [-0.39, 0.29) is 5.82 Å². The van der Waals surface area contributed by atoms with Gasteiger partial charge in [-0.2, -0.15) is 0 Å². The average molecular weight is 304 g/mol. The summed E-state index contributed by atoms with van der Waals surface area (Å²) >= 11 is 1.48. The zero-order valence-electron chi connectivity index (χ0n) is 12.4. The van der Waals surface area contributed by atoms with Crippen molar-refractivity contribution < 1.29 is 9.50 Å². The van der Waals surface area contributed by atoms with E-state index < -0.39 is 6.10 Å². The summed E-state index contributed by atoms with van der Waals surface area (Å²) in [4.78, 5) is 0.851. The number of aliphatic hydroxyl groups excluding tert-OH is 1. The van der Waals surface area contributed by atoms with Gasteiger partial charge in [-0.3, -0.25) is 0 Å². The summed E-state index contributed by atoms with van der Waals surface area (Å²) in [6.45, 7) is 4.33. The molecule has 21 heavy (non-hydrogen) atoms. The van der Waals surface area contributed by atoms with E-state index in [2.05, 4.69) is 38.1 Å². The van der Waals surface area contributed by atoms with Gasteiger partial charge in [0.15, 0.2) is 0 Å². The maximum Gasteiger partial charge on any atom is 0.124 e. The Morgan fingerprint density at radius 2 is 1.81 bits per heavy atom. The molecule has 2 aromatic carbocycles. The van der Waals surface area contributed by atoms with Gasteiger partial charge in [-0.05, 0) is 41.7 Å². The van der Waals surface area contributed by atoms with Crippen LogP contribution in [0.5, 0.6) is 0 Å². The second kappa shape index (κ2) is 7.62. The van der Waals surface area contributed by atoms with Crippen molar-refractivity contribution in [1.29, 1.82) is 0 Å². The third-order valence-corrected chi connectivity index (χ3v) is 4.49. The Labute approximate surface area is 130 Å². The Morgan fingerprint density at radius 3 is 2.43 bits per heavy atom. The highest BCUT2D eigenvalue weighted by Gasteiger charge is 2.08. The van der Waals surface area contributed by atoms with Crippen LogP contribution in [-0.4, -0.2) is 17.0 Å². The Kier molecular flexibility index (Phi) is 5.83. The Bertz CT molecular complexity index is 566. The number of rotatable bonds is 6. The van der Waals surface area contributed by atoms with Crippen LogP contribution in [0.1, 0.15) is 30.9 Å². The summed E-state index contributed by atoms with van der Waals surface area (Å²) in [6.07, 6.45) is 0.198. The molecule has 1 N–H and O–H groups in total. The van der Waals surface area contributed by atoms with E-state index in [0.717, 1.165) is 10.5 Å². The van der Waals surface area contributed by atoms with Gasteiger partial charge in [0.2, 0.25) is 0 Å². The molecule has 1 nitrogen and oxygen atoms in total. The standard InChI is InChI=1S/C18H21FOS/c1-13(2)15-8-6-14(7-9-15)10-17(20)12-21-18-5-3-4-16(19)11-18/h3-9,11,13,17,20H,10,12H2,1-2H3. The van der Waals surface area contributed by atoms with Crippen LogP contribution in [-0.2, 0) is 6.42 Å². The van der Waals surface area contributed by atoms with E-state index in [1.165, 1.54) is 29.5 Å². The molecule has 0 spiro atoms. The highest BCUT2D eigenvalue weighted by molar-refractivity contribution is 7.99. The maximum atomic E-state index is 13.1.